The van der Waals surface area contributed by atoms with Gasteiger partial charge in [-0.3, -0.25) is 4.79 Å². The molecule has 35 heavy (non-hydrogen) atoms. The minimum absolute atomic E-state index is 0.0138. The number of carbonyl (C=O) groups is 1. The number of halogens is 4. The third kappa shape index (κ3) is 6.08. The van der Waals surface area contributed by atoms with Gasteiger partial charge in [-0.05, 0) is 72.0 Å². The molecule has 1 atom stereocenters. The van der Waals surface area contributed by atoms with Gasteiger partial charge in [0.1, 0.15) is 0 Å². The van der Waals surface area contributed by atoms with Gasteiger partial charge in [-0.15, -0.1) is 0 Å². The Kier molecular flexibility index (Phi) is 7.56. The fraction of sp³-hybridized carbons (Fsp3) is 0.320. The maximum Gasteiger partial charge on any atom is 0.416 e. The van der Waals surface area contributed by atoms with E-state index in [0.29, 0.717) is 27.6 Å². The molecule has 4 rings (SSSR count). The van der Waals surface area contributed by atoms with E-state index < -0.39 is 11.7 Å². The number of benzene rings is 2. The van der Waals surface area contributed by atoms with Crippen LogP contribution in [0.25, 0.3) is 6.08 Å². The molecule has 2 aliphatic rings. The van der Waals surface area contributed by atoms with E-state index in [1.54, 1.807) is 24.3 Å². The molecule has 10 heteroatoms. The van der Waals surface area contributed by atoms with Crippen LogP contribution in [0.2, 0.25) is 5.02 Å². The Morgan fingerprint density at radius 1 is 1.29 bits per heavy atom. The van der Waals surface area contributed by atoms with Crippen molar-refractivity contribution in [1.82, 2.24) is 4.90 Å². The molecule has 0 bridgehead atoms. The van der Waals surface area contributed by atoms with Crippen LogP contribution >= 0.6 is 23.4 Å². The molecule has 0 aliphatic carbocycles. The Bertz CT molecular complexity index is 1210. The van der Waals surface area contributed by atoms with E-state index in [4.69, 9.17) is 17.0 Å². The summed E-state index contributed by atoms with van der Waals surface area (Å²) in [5, 5.41) is 11.5. The molecule has 0 unspecified atom stereocenters. The Labute approximate surface area is 211 Å². The normalized spacial score (nSPS) is 19.7. The van der Waals surface area contributed by atoms with Gasteiger partial charge in [0, 0.05) is 42.1 Å². The zero-order chi connectivity index (χ0) is 25.2. The summed E-state index contributed by atoms with van der Waals surface area (Å²) in [7, 11) is 0. The molecule has 0 spiro atoms. The smallest absolute Gasteiger partial charge is 0.380 e. The van der Waals surface area contributed by atoms with Crippen LogP contribution in [0, 0.1) is 11.3 Å². The quantitative estimate of drug-likeness (QED) is 0.341. The molecular weight excluding hydrogens is 497 g/mol. The van der Waals surface area contributed by atoms with Crippen LogP contribution in [0.3, 0.4) is 0 Å². The van der Waals surface area contributed by atoms with Crippen molar-refractivity contribution in [2.75, 3.05) is 18.4 Å². The van der Waals surface area contributed by atoms with E-state index in [1.807, 2.05) is 0 Å². The first-order valence-corrected chi connectivity index (χ1v) is 12.3. The number of piperidine rings is 1. The minimum Gasteiger partial charge on any atom is -0.380 e. The van der Waals surface area contributed by atoms with Crippen LogP contribution in [0.4, 0.5) is 18.9 Å². The lowest BCUT2D eigenvalue weighted by atomic mass is 10.0. The Morgan fingerprint density at radius 2 is 2.09 bits per heavy atom. The van der Waals surface area contributed by atoms with Gasteiger partial charge in [0.2, 0.25) is 0 Å². The summed E-state index contributed by atoms with van der Waals surface area (Å²) in [5.74, 6) is 0.273. The number of amides is 1. The van der Waals surface area contributed by atoms with Crippen LogP contribution in [-0.2, 0) is 17.5 Å². The number of thioether (sulfide) groups is 1. The van der Waals surface area contributed by atoms with Crippen molar-refractivity contribution in [3.63, 3.8) is 0 Å². The molecule has 1 amide bonds. The van der Waals surface area contributed by atoms with E-state index in [9.17, 15) is 18.0 Å². The molecule has 2 aromatic carbocycles. The second-order valence-electron chi connectivity index (χ2n) is 8.65. The number of carbonyl (C=O) groups excluding carboxylic acids is 1. The molecule has 2 heterocycles. The van der Waals surface area contributed by atoms with E-state index >= 15 is 0 Å². The average Bonchev–Trinajstić information content (AvgIpc) is 3.18. The predicted octanol–water partition coefficient (Wildman–Crippen LogP) is 6.67. The van der Waals surface area contributed by atoms with E-state index in [-0.39, 0.29) is 23.0 Å². The van der Waals surface area contributed by atoms with Crippen LogP contribution in [0.15, 0.2) is 46.3 Å². The van der Waals surface area contributed by atoms with Gasteiger partial charge in [0.05, 0.1) is 10.5 Å². The highest BCUT2D eigenvalue weighted by atomic mass is 35.5. The Morgan fingerprint density at radius 3 is 2.80 bits per heavy atom. The number of likely N-dealkylation sites (tertiary alicyclic amines) is 1. The minimum atomic E-state index is -4.53. The highest BCUT2D eigenvalue weighted by molar-refractivity contribution is 8.18. The van der Waals surface area contributed by atoms with Crippen molar-refractivity contribution in [3.05, 3.63) is 68.6 Å². The lowest BCUT2D eigenvalue weighted by Gasteiger charge is -2.31. The van der Waals surface area contributed by atoms with Crippen LogP contribution in [0.5, 0.6) is 0 Å². The largest absolute Gasteiger partial charge is 0.416 e. The molecule has 2 aliphatic heterocycles. The molecule has 5 nitrogen and oxygen atoms in total. The number of alkyl halides is 3. The van der Waals surface area contributed by atoms with Crippen molar-refractivity contribution < 1.29 is 18.0 Å². The van der Waals surface area contributed by atoms with Gasteiger partial charge in [-0.2, -0.15) is 18.2 Å². The Hall–Kier alpha value is -2.78. The Balaban J connectivity index is 1.48. The third-order valence-corrected chi connectivity index (χ3v) is 7.19. The van der Waals surface area contributed by atoms with Gasteiger partial charge in [-0.25, -0.2) is 0 Å². The fourth-order valence-electron chi connectivity index (χ4n) is 4.16. The summed E-state index contributed by atoms with van der Waals surface area (Å²) < 4.78 is 40.1. The van der Waals surface area contributed by atoms with E-state index in [2.05, 4.69) is 22.1 Å². The van der Waals surface area contributed by atoms with Crippen molar-refractivity contribution in [2.24, 2.45) is 10.9 Å². The highest BCUT2D eigenvalue weighted by Gasteiger charge is 2.33. The van der Waals surface area contributed by atoms with Crippen molar-refractivity contribution >= 4 is 52.4 Å². The highest BCUT2D eigenvalue weighted by Crippen LogP contribution is 2.35. The lowest BCUT2D eigenvalue weighted by Crippen LogP contribution is -2.37. The van der Waals surface area contributed by atoms with Gasteiger partial charge in [0.15, 0.2) is 5.17 Å². The predicted molar refractivity (Wildman–Crippen MR) is 136 cm³/mol. The van der Waals surface area contributed by atoms with Crippen molar-refractivity contribution in [3.8, 4) is 0 Å². The van der Waals surface area contributed by atoms with Gasteiger partial charge in [0.25, 0.3) is 5.91 Å². The number of rotatable bonds is 5. The summed E-state index contributed by atoms with van der Waals surface area (Å²) in [6.45, 7) is 3.87. The maximum absolute atomic E-state index is 13.4. The molecule has 184 valence electrons. The summed E-state index contributed by atoms with van der Waals surface area (Å²) in [6.07, 6.45) is 0.576. The number of nitrogens with zero attached hydrogens (tertiary/aromatic N) is 2. The number of hydrogen-bond acceptors (Lipinski definition) is 5. The summed E-state index contributed by atoms with van der Waals surface area (Å²) in [6, 6.07) is 8.81. The molecule has 0 saturated carbocycles. The molecule has 1 fully saturated rings. The molecule has 2 N–H and O–H groups in total. The fourth-order valence-corrected chi connectivity index (χ4v) is 5.28. The average molecular weight is 521 g/mol. The topological polar surface area (TPSA) is 68.6 Å². The van der Waals surface area contributed by atoms with Crippen LogP contribution in [-0.4, -0.2) is 35.3 Å². The molecule has 2 aromatic rings. The van der Waals surface area contributed by atoms with Crippen LogP contribution < -0.4 is 5.32 Å². The second kappa shape index (κ2) is 10.5. The number of hydrogen-bond donors (Lipinski definition) is 2. The summed E-state index contributed by atoms with van der Waals surface area (Å²) in [5.41, 5.74) is 0.952. The van der Waals surface area contributed by atoms with Gasteiger partial charge in [-0.1, -0.05) is 30.7 Å². The first-order chi connectivity index (χ1) is 16.6. The second-order valence-corrected chi connectivity index (χ2v) is 10.1. The van der Waals surface area contributed by atoms with Gasteiger partial charge < -0.3 is 15.6 Å². The van der Waals surface area contributed by atoms with E-state index in [0.717, 1.165) is 37.0 Å². The molecule has 0 aromatic heterocycles. The SMILES string of the molecule is C[C@H]1CCCN(C2=NC(=O)/C(=C/c3ccc(NCc4ccc(Cl)cc4C(F)(F)F)c(C=N)c3)S2)C1. The van der Waals surface area contributed by atoms with E-state index in [1.165, 1.54) is 30.3 Å². The monoisotopic (exact) mass is 520 g/mol. The summed E-state index contributed by atoms with van der Waals surface area (Å²) in [4.78, 5) is 19.3. The zero-order valence-electron chi connectivity index (χ0n) is 19.0. The number of amidine groups is 1. The van der Waals surface area contributed by atoms with Crippen LogP contribution in [0.1, 0.15) is 42.0 Å². The molecule has 0 radical (unpaired) electrons. The standard InChI is InChI=1S/C25H24ClF3N4OS/c1-15-3-2-8-33(14-15)24-32-23(34)22(35-24)10-16-4-7-21(18(9-16)12-30)31-13-17-5-6-19(26)11-20(17)25(27,28)29/h4-7,9-12,15,30-31H,2-3,8,13-14H2,1H3/b22-10-,30-12?/t15-/m0/s1. The third-order valence-electron chi connectivity index (χ3n) is 5.91. The number of aliphatic imine (C=N–C) groups is 1. The van der Waals surface area contributed by atoms with Gasteiger partial charge >= 0.3 is 6.18 Å². The first kappa shape index (κ1) is 25.3. The zero-order valence-corrected chi connectivity index (χ0v) is 20.5. The summed E-state index contributed by atoms with van der Waals surface area (Å²) >= 11 is 7.10. The lowest BCUT2D eigenvalue weighted by molar-refractivity contribution is -0.138. The maximum atomic E-state index is 13.4. The van der Waals surface area contributed by atoms with Crippen molar-refractivity contribution in [1.29, 1.82) is 5.41 Å². The number of anilines is 1. The number of nitrogens with one attached hydrogen (secondary N) is 2. The first-order valence-electron chi connectivity index (χ1n) is 11.2. The molecular formula is C25H24ClF3N4OS. The van der Waals surface area contributed by atoms with Crippen molar-refractivity contribution in [2.45, 2.75) is 32.5 Å². The molecule has 1 saturated heterocycles.